The number of rotatable bonds is 4. The summed E-state index contributed by atoms with van der Waals surface area (Å²) in [7, 11) is 0. The van der Waals surface area contributed by atoms with Crippen LogP contribution in [0, 0.1) is 5.82 Å². The first-order valence-electron chi connectivity index (χ1n) is 5.68. The molecule has 0 bridgehead atoms. The number of hydrogen-bond acceptors (Lipinski definition) is 1. The molecule has 0 radical (unpaired) electrons. The summed E-state index contributed by atoms with van der Waals surface area (Å²) >= 11 is 0. The highest BCUT2D eigenvalue weighted by atomic mass is 19.1. The van der Waals surface area contributed by atoms with Crippen molar-refractivity contribution < 1.29 is 4.39 Å². The van der Waals surface area contributed by atoms with E-state index in [0.717, 1.165) is 16.8 Å². The smallest absolute Gasteiger partial charge is 0.123 e. The molecular formula is C14H20FN. The Bertz CT molecular complexity index is 351. The summed E-state index contributed by atoms with van der Waals surface area (Å²) in [6.07, 6.45) is 1.64. The van der Waals surface area contributed by atoms with Crippen molar-refractivity contribution in [3.8, 4) is 0 Å². The Morgan fingerprint density at radius 3 is 1.88 bits per heavy atom. The van der Waals surface area contributed by atoms with Gasteiger partial charge in [-0.3, -0.25) is 0 Å². The Hall–Kier alpha value is -1.31. The molecule has 0 aliphatic heterocycles. The van der Waals surface area contributed by atoms with Crippen LogP contribution in [-0.2, 0) is 0 Å². The lowest BCUT2D eigenvalue weighted by Gasteiger charge is -2.19. The van der Waals surface area contributed by atoms with Crippen LogP contribution in [0.15, 0.2) is 24.9 Å². The van der Waals surface area contributed by atoms with Crippen LogP contribution in [0.1, 0.15) is 50.7 Å². The van der Waals surface area contributed by atoms with Gasteiger partial charge in [0.1, 0.15) is 5.82 Å². The first-order chi connectivity index (χ1) is 7.47. The highest BCUT2D eigenvalue weighted by Gasteiger charge is 2.14. The number of halogens is 1. The SMILES string of the molecule is C=CNc1c(C(C)C)cc(F)cc1C(C)C. The van der Waals surface area contributed by atoms with E-state index in [1.807, 2.05) is 0 Å². The Labute approximate surface area is 97.4 Å². The predicted octanol–water partition coefficient (Wildman–Crippen LogP) is 4.63. The van der Waals surface area contributed by atoms with Gasteiger partial charge in [0.05, 0.1) is 0 Å². The van der Waals surface area contributed by atoms with Crippen molar-refractivity contribution in [2.75, 3.05) is 5.32 Å². The standard InChI is InChI=1S/C14H20FN/c1-6-16-14-12(9(2)3)7-11(15)8-13(14)10(4)5/h6-10,16H,1H2,2-5H3. The van der Waals surface area contributed by atoms with Gasteiger partial charge in [0, 0.05) is 5.69 Å². The molecule has 0 amide bonds. The summed E-state index contributed by atoms with van der Waals surface area (Å²) < 4.78 is 13.5. The largest absolute Gasteiger partial charge is 0.362 e. The molecule has 0 saturated heterocycles. The van der Waals surface area contributed by atoms with E-state index in [1.165, 1.54) is 0 Å². The topological polar surface area (TPSA) is 12.0 Å². The lowest BCUT2D eigenvalue weighted by molar-refractivity contribution is 0.619. The van der Waals surface area contributed by atoms with E-state index < -0.39 is 0 Å². The highest BCUT2D eigenvalue weighted by Crippen LogP contribution is 2.33. The van der Waals surface area contributed by atoms with Gasteiger partial charge >= 0.3 is 0 Å². The maximum atomic E-state index is 13.5. The van der Waals surface area contributed by atoms with Crippen LogP contribution < -0.4 is 5.32 Å². The van der Waals surface area contributed by atoms with Gasteiger partial charge in [0.15, 0.2) is 0 Å². The second-order valence-electron chi connectivity index (χ2n) is 4.62. The van der Waals surface area contributed by atoms with Gasteiger partial charge in [-0.2, -0.15) is 0 Å². The molecule has 0 aliphatic carbocycles. The fourth-order valence-electron chi connectivity index (χ4n) is 1.83. The summed E-state index contributed by atoms with van der Waals surface area (Å²) in [5.41, 5.74) is 3.01. The van der Waals surface area contributed by atoms with Crippen LogP contribution in [0.2, 0.25) is 0 Å². The van der Waals surface area contributed by atoms with Crippen molar-refractivity contribution >= 4 is 5.69 Å². The van der Waals surface area contributed by atoms with Crippen LogP contribution in [0.3, 0.4) is 0 Å². The highest BCUT2D eigenvalue weighted by molar-refractivity contribution is 5.61. The lowest BCUT2D eigenvalue weighted by Crippen LogP contribution is -2.04. The third kappa shape index (κ3) is 2.63. The summed E-state index contributed by atoms with van der Waals surface area (Å²) in [6, 6.07) is 3.20. The van der Waals surface area contributed by atoms with Crippen LogP contribution >= 0.6 is 0 Å². The van der Waals surface area contributed by atoms with Crippen LogP contribution in [-0.4, -0.2) is 0 Å². The monoisotopic (exact) mass is 221 g/mol. The fraction of sp³-hybridized carbons (Fsp3) is 0.429. The molecule has 0 unspecified atom stereocenters. The molecule has 1 N–H and O–H groups in total. The molecule has 0 spiro atoms. The third-order valence-electron chi connectivity index (χ3n) is 2.65. The molecule has 2 heteroatoms. The van der Waals surface area contributed by atoms with E-state index >= 15 is 0 Å². The summed E-state index contributed by atoms with van der Waals surface area (Å²) in [5.74, 6) is 0.410. The lowest BCUT2D eigenvalue weighted by atomic mass is 9.92. The van der Waals surface area contributed by atoms with Gasteiger partial charge in [-0.25, -0.2) is 4.39 Å². The second-order valence-corrected chi connectivity index (χ2v) is 4.62. The Kier molecular flexibility index (Phi) is 4.11. The maximum absolute atomic E-state index is 13.5. The van der Waals surface area contributed by atoms with E-state index in [9.17, 15) is 4.39 Å². The van der Waals surface area contributed by atoms with Crippen molar-refractivity contribution in [2.24, 2.45) is 0 Å². The van der Waals surface area contributed by atoms with E-state index in [-0.39, 0.29) is 17.7 Å². The van der Waals surface area contributed by atoms with Gasteiger partial charge in [-0.15, -0.1) is 0 Å². The van der Waals surface area contributed by atoms with Crippen LogP contribution in [0.4, 0.5) is 10.1 Å². The van der Waals surface area contributed by atoms with E-state index in [4.69, 9.17) is 0 Å². The normalized spacial score (nSPS) is 10.9. The maximum Gasteiger partial charge on any atom is 0.123 e. The van der Waals surface area contributed by atoms with Crippen molar-refractivity contribution in [1.82, 2.24) is 0 Å². The minimum Gasteiger partial charge on any atom is -0.362 e. The van der Waals surface area contributed by atoms with Crippen molar-refractivity contribution in [3.63, 3.8) is 0 Å². The molecule has 0 saturated carbocycles. The van der Waals surface area contributed by atoms with E-state index in [2.05, 4.69) is 39.6 Å². The molecule has 88 valence electrons. The zero-order valence-electron chi connectivity index (χ0n) is 10.5. The van der Waals surface area contributed by atoms with Crippen molar-refractivity contribution in [3.05, 3.63) is 41.9 Å². The zero-order valence-corrected chi connectivity index (χ0v) is 10.5. The molecule has 0 aromatic heterocycles. The fourth-order valence-corrected chi connectivity index (χ4v) is 1.83. The molecule has 1 nitrogen and oxygen atoms in total. The number of hydrogen-bond donors (Lipinski definition) is 1. The first kappa shape index (κ1) is 12.8. The van der Waals surface area contributed by atoms with Crippen LogP contribution in [0.5, 0.6) is 0 Å². The average molecular weight is 221 g/mol. The van der Waals surface area contributed by atoms with Gasteiger partial charge < -0.3 is 5.32 Å². The molecule has 16 heavy (non-hydrogen) atoms. The zero-order chi connectivity index (χ0) is 12.3. The van der Waals surface area contributed by atoms with Gasteiger partial charge in [0.25, 0.3) is 0 Å². The van der Waals surface area contributed by atoms with E-state index in [0.29, 0.717) is 0 Å². The third-order valence-corrected chi connectivity index (χ3v) is 2.65. The Morgan fingerprint density at radius 1 is 1.12 bits per heavy atom. The van der Waals surface area contributed by atoms with Gasteiger partial charge in [0.2, 0.25) is 0 Å². The molecule has 1 aromatic rings. The second kappa shape index (κ2) is 5.15. The summed E-state index contributed by atoms with van der Waals surface area (Å²) in [6.45, 7) is 11.9. The molecular weight excluding hydrogens is 201 g/mol. The molecule has 0 atom stereocenters. The number of anilines is 1. The first-order valence-corrected chi connectivity index (χ1v) is 5.68. The van der Waals surface area contributed by atoms with Gasteiger partial charge in [-0.05, 0) is 41.3 Å². The minimum atomic E-state index is -0.165. The molecule has 1 rings (SSSR count). The quantitative estimate of drug-likeness (QED) is 0.781. The van der Waals surface area contributed by atoms with Crippen molar-refractivity contribution in [1.29, 1.82) is 0 Å². The molecule has 0 heterocycles. The summed E-state index contributed by atoms with van der Waals surface area (Å²) in [4.78, 5) is 0. The van der Waals surface area contributed by atoms with E-state index in [1.54, 1.807) is 18.3 Å². The Balaban J connectivity index is 3.40. The van der Waals surface area contributed by atoms with Gasteiger partial charge in [-0.1, -0.05) is 34.3 Å². The van der Waals surface area contributed by atoms with Crippen molar-refractivity contribution in [2.45, 2.75) is 39.5 Å². The predicted molar refractivity (Wildman–Crippen MR) is 68.4 cm³/mol. The Morgan fingerprint density at radius 2 is 1.56 bits per heavy atom. The number of nitrogens with one attached hydrogen (secondary N) is 1. The number of benzene rings is 1. The molecule has 0 aliphatic rings. The molecule has 1 aromatic carbocycles. The average Bonchev–Trinajstić information content (AvgIpc) is 2.19. The minimum absolute atomic E-state index is 0.165. The molecule has 0 fully saturated rings. The van der Waals surface area contributed by atoms with Crippen LogP contribution in [0.25, 0.3) is 0 Å². The summed E-state index contributed by atoms with van der Waals surface area (Å²) in [5, 5.41) is 3.13.